The van der Waals surface area contributed by atoms with Crippen molar-refractivity contribution in [3.8, 4) is 5.75 Å². The minimum absolute atomic E-state index is 0.267. The highest BCUT2D eigenvalue weighted by atomic mass is 32.2. The van der Waals surface area contributed by atoms with Gasteiger partial charge in [0.05, 0.1) is 11.3 Å². The summed E-state index contributed by atoms with van der Waals surface area (Å²) >= 11 is 3.55. The van der Waals surface area contributed by atoms with Gasteiger partial charge in [-0.05, 0) is 37.6 Å². The molecule has 2 nitrogen and oxygen atoms in total. The van der Waals surface area contributed by atoms with Crippen molar-refractivity contribution in [3.63, 3.8) is 0 Å². The third-order valence-electron chi connectivity index (χ3n) is 2.82. The Morgan fingerprint density at radius 1 is 1.28 bits per heavy atom. The van der Waals surface area contributed by atoms with Gasteiger partial charge in [0, 0.05) is 16.5 Å². The summed E-state index contributed by atoms with van der Waals surface area (Å²) in [5, 5.41) is 5.39. The first-order valence-corrected chi connectivity index (χ1v) is 7.51. The number of hydrogen-bond donors (Lipinski definition) is 1. The van der Waals surface area contributed by atoms with E-state index in [1.165, 1.54) is 14.7 Å². The van der Waals surface area contributed by atoms with Gasteiger partial charge in [-0.2, -0.15) is 0 Å². The van der Waals surface area contributed by atoms with Crippen LogP contribution in [-0.4, -0.2) is 14.2 Å². The fourth-order valence-electron chi connectivity index (χ4n) is 1.79. The Hall–Kier alpha value is -0.970. The molecule has 0 spiro atoms. The summed E-state index contributed by atoms with van der Waals surface area (Å²) in [5.74, 6) is 0.943. The van der Waals surface area contributed by atoms with Crippen LogP contribution in [0.15, 0.2) is 44.8 Å². The number of ether oxygens (including phenoxy) is 1. The van der Waals surface area contributed by atoms with E-state index in [0.717, 1.165) is 5.75 Å². The second-order valence-electron chi connectivity index (χ2n) is 3.92. The summed E-state index contributed by atoms with van der Waals surface area (Å²) < 4.78 is 6.78. The molecule has 1 unspecified atom stereocenters. The van der Waals surface area contributed by atoms with E-state index in [9.17, 15) is 0 Å². The lowest BCUT2D eigenvalue weighted by Crippen LogP contribution is -2.14. The molecule has 0 saturated carbocycles. The maximum Gasteiger partial charge on any atom is 0.124 e. The van der Waals surface area contributed by atoms with E-state index in [4.69, 9.17) is 4.74 Å². The molecule has 0 amide bonds. The summed E-state index contributed by atoms with van der Waals surface area (Å²) in [6.45, 7) is 2.15. The monoisotopic (exact) mass is 279 g/mol. The van der Waals surface area contributed by atoms with Gasteiger partial charge >= 0.3 is 0 Å². The van der Waals surface area contributed by atoms with Crippen molar-refractivity contribution in [2.75, 3.05) is 14.2 Å². The van der Waals surface area contributed by atoms with Crippen LogP contribution < -0.4 is 10.1 Å². The average Bonchev–Trinajstić information content (AvgIpc) is 2.90. The van der Waals surface area contributed by atoms with Crippen molar-refractivity contribution in [1.82, 2.24) is 5.32 Å². The van der Waals surface area contributed by atoms with Crippen LogP contribution in [0.4, 0.5) is 0 Å². The molecule has 1 heterocycles. The van der Waals surface area contributed by atoms with E-state index in [2.05, 4.69) is 35.8 Å². The van der Waals surface area contributed by atoms with E-state index in [1.54, 1.807) is 30.2 Å². The Kier molecular flexibility index (Phi) is 4.69. The van der Waals surface area contributed by atoms with Crippen LogP contribution in [0.5, 0.6) is 5.75 Å². The van der Waals surface area contributed by atoms with Gasteiger partial charge in [0.1, 0.15) is 5.75 Å². The van der Waals surface area contributed by atoms with Crippen LogP contribution in [0, 0.1) is 0 Å². The maximum absolute atomic E-state index is 5.48. The molecule has 0 saturated heterocycles. The summed E-state index contributed by atoms with van der Waals surface area (Å²) in [6.07, 6.45) is 0. The smallest absolute Gasteiger partial charge is 0.124 e. The molecule has 0 aliphatic carbocycles. The van der Waals surface area contributed by atoms with Gasteiger partial charge < -0.3 is 10.1 Å². The first kappa shape index (κ1) is 13.5. The lowest BCUT2D eigenvalue weighted by Gasteiger charge is -2.18. The summed E-state index contributed by atoms with van der Waals surface area (Å²) in [5.41, 5.74) is 1.22. The van der Waals surface area contributed by atoms with Gasteiger partial charge in [0.25, 0.3) is 0 Å². The van der Waals surface area contributed by atoms with Crippen LogP contribution in [-0.2, 0) is 0 Å². The van der Waals surface area contributed by atoms with E-state index in [-0.39, 0.29) is 6.04 Å². The zero-order valence-corrected chi connectivity index (χ0v) is 12.4. The zero-order valence-electron chi connectivity index (χ0n) is 10.8. The van der Waals surface area contributed by atoms with Crippen molar-refractivity contribution < 1.29 is 4.74 Å². The first-order valence-electron chi connectivity index (χ1n) is 5.81. The Morgan fingerprint density at radius 2 is 2.11 bits per heavy atom. The lowest BCUT2D eigenvalue weighted by atomic mass is 10.1. The van der Waals surface area contributed by atoms with Crippen LogP contribution in [0.1, 0.15) is 18.5 Å². The van der Waals surface area contributed by atoms with Crippen molar-refractivity contribution in [2.24, 2.45) is 0 Å². The molecular weight excluding hydrogens is 262 g/mol. The Balaban J connectivity index is 2.39. The molecule has 1 atom stereocenters. The maximum atomic E-state index is 5.48. The molecule has 96 valence electrons. The number of thiophene rings is 1. The molecule has 18 heavy (non-hydrogen) atoms. The summed E-state index contributed by atoms with van der Waals surface area (Å²) in [7, 11) is 3.69. The largest absolute Gasteiger partial charge is 0.496 e. The van der Waals surface area contributed by atoms with Crippen LogP contribution in [0.25, 0.3) is 0 Å². The number of methoxy groups -OCH3 is 1. The van der Waals surface area contributed by atoms with E-state index in [1.807, 2.05) is 19.2 Å². The highest BCUT2D eigenvalue weighted by Crippen LogP contribution is 2.39. The third kappa shape index (κ3) is 2.88. The molecular formula is C14H17NOS2. The molecule has 2 rings (SSSR count). The predicted octanol–water partition coefficient (Wildman–Crippen LogP) is 4.19. The number of hydrogen-bond acceptors (Lipinski definition) is 4. The quantitative estimate of drug-likeness (QED) is 0.887. The molecule has 1 N–H and O–H groups in total. The van der Waals surface area contributed by atoms with Gasteiger partial charge in [-0.3, -0.25) is 0 Å². The van der Waals surface area contributed by atoms with Crippen molar-refractivity contribution in [1.29, 1.82) is 0 Å². The van der Waals surface area contributed by atoms with E-state index < -0.39 is 0 Å². The molecule has 0 aliphatic heterocycles. The first-order chi connectivity index (χ1) is 8.76. The standard InChI is InChI=1S/C14H17NOS2/c1-10(15-2)14-11(16-3)6-4-7-12(14)18-13-8-5-9-17-13/h4-10,15H,1-3H3. The molecule has 0 radical (unpaired) electrons. The van der Waals surface area contributed by atoms with E-state index >= 15 is 0 Å². The highest BCUT2D eigenvalue weighted by Gasteiger charge is 2.15. The zero-order chi connectivity index (χ0) is 13.0. The van der Waals surface area contributed by atoms with Gasteiger partial charge in [0.15, 0.2) is 0 Å². The molecule has 1 aromatic carbocycles. The van der Waals surface area contributed by atoms with Gasteiger partial charge in [-0.1, -0.05) is 23.9 Å². The third-order valence-corrected chi connectivity index (χ3v) is 4.93. The molecule has 0 fully saturated rings. The normalized spacial score (nSPS) is 12.4. The second-order valence-corrected chi connectivity index (χ2v) is 6.21. The van der Waals surface area contributed by atoms with Crippen LogP contribution in [0.3, 0.4) is 0 Å². The molecule has 0 aliphatic rings. The molecule has 0 bridgehead atoms. The molecule has 1 aromatic heterocycles. The lowest BCUT2D eigenvalue weighted by molar-refractivity contribution is 0.401. The van der Waals surface area contributed by atoms with Crippen molar-refractivity contribution in [3.05, 3.63) is 41.3 Å². The summed E-state index contributed by atoms with van der Waals surface area (Å²) in [6, 6.07) is 10.7. The predicted molar refractivity (Wildman–Crippen MR) is 78.9 cm³/mol. The van der Waals surface area contributed by atoms with Gasteiger partial charge in [-0.25, -0.2) is 0 Å². The summed E-state index contributed by atoms with van der Waals surface area (Å²) in [4.78, 5) is 1.25. The van der Waals surface area contributed by atoms with Crippen LogP contribution >= 0.6 is 23.1 Å². The van der Waals surface area contributed by atoms with Crippen molar-refractivity contribution >= 4 is 23.1 Å². The van der Waals surface area contributed by atoms with Crippen LogP contribution in [0.2, 0.25) is 0 Å². The number of nitrogens with one attached hydrogen (secondary N) is 1. The Labute approximate surface area is 116 Å². The fraction of sp³-hybridized carbons (Fsp3) is 0.286. The molecule has 2 aromatic rings. The van der Waals surface area contributed by atoms with E-state index in [0.29, 0.717) is 0 Å². The SMILES string of the molecule is CNC(C)c1c(OC)cccc1Sc1cccs1. The topological polar surface area (TPSA) is 21.3 Å². The highest BCUT2D eigenvalue weighted by molar-refractivity contribution is 8.01. The minimum Gasteiger partial charge on any atom is -0.496 e. The second kappa shape index (κ2) is 6.27. The Morgan fingerprint density at radius 3 is 2.72 bits per heavy atom. The minimum atomic E-state index is 0.267. The number of benzene rings is 1. The molecule has 4 heteroatoms. The Bertz CT molecular complexity index is 497. The number of rotatable bonds is 5. The average molecular weight is 279 g/mol. The fourth-order valence-corrected chi connectivity index (χ4v) is 3.77. The van der Waals surface area contributed by atoms with Gasteiger partial charge in [-0.15, -0.1) is 11.3 Å². The van der Waals surface area contributed by atoms with Crippen molar-refractivity contribution in [2.45, 2.75) is 22.1 Å². The van der Waals surface area contributed by atoms with Gasteiger partial charge in [0.2, 0.25) is 0 Å².